The number of hydrogen-bond donors (Lipinski definition) is 2. The summed E-state index contributed by atoms with van der Waals surface area (Å²) in [5, 5.41) is 12.5. The second-order valence-corrected chi connectivity index (χ2v) is 6.39. The number of carbonyl (C=O) groups is 1. The lowest BCUT2D eigenvalue weighted by Gasteiger charge is -2.20. The first-order valence-electron chi connectivity index (χ1n) is 8.90. The minimum absolute atomic E-state index is 0.0174. The van der Waals surface area contributed by atoms with Crippen molar-refractivity contribution in [1.29, 1.82) is 0 Å². The highest BCUT2D eigenvalue weighted by Crippen LogP contribution is 2.32. The van der Waals surface area contributed by atoms with Gasteiger partial charge in [0.05, 0.1) is 6.61 Å². The van der Waals surface area contributed by atoms with Gasteiger partial charge in [-0.3, -0.25) is 10.1 Å². The van der Waals surface area contributed by atoms with Crippen LogP contribution in [0.25, 0.3) is 0 Å². The Bertz CT molecular complexity index is 700. The summed E-state index contributed by atoms with van der Waals surface area (Å²) >= 11 is 0. The Morgan fingerprint density at radius 3 is 2.42 bits per heavy atom. The molecule has 0 fully saturated rings. The van der Waals surface area contributed by atoms with E-state index >= 15 is 0 Å². The molecule has 2 rings (SSSR count). The normalized spacial score (nSPS) is 12.0. The highest BCUT2D eigenvalue weighted by atomic mass is 16.5. The number of rotatable bonds is 10. The SMILES string of the molecule is CCOc1cccc(CNC(C(=O)O)C(C)C)c1OCc1ccccc1. The standard InChI is InChI=1S/C21H27NO4/c1-4-25-18-12-8-11-17(13-22-19(15(2)3)21(23)24)20(18)26-14-16-9-6-5-7-10-16/h5-12,15,19,22H,4,13-14H2,1-3H3,(H,23,24). The Kier molecular flexibility index (Phi) is 7.48. The van der Waals surface area contributed by atoms with E-state index in [2.05, 4.69) is 5.32 Å². The van der Waals surface area contributed by atoms with Crippen molar-refractivity contribution in [3.63, 3.8) is 0 Å². The van der Waals surface area contributed by atoms with Crippen LogP contribution in [-0.4, -0.2) is 23.7 Å². The molecule has 5 nitrogen and oxygen atoms in total. The van der Waals surface area contributed by atoms with Gasteiger partial charge in [-0.2, -0.15) is 0 Å². The van der Waals surface area contributed by atoms with Gasteiger partial charge in [0, 0.05) is 12.1 Å². The summed E-state index contributed by atoms with van der Waals surface area (Å²) in [5.74, 6) is 0.446. The van der Waals surface area contributed by atoms with Gasteiger partial charge in [-0.1, -0.05) is 56.3 Å². The lowest BCUT2D eigenvalue weighted by Crippen LogP contribution is -2.40. The maximum atomic E-state index is 11.4. The Morgan fingerprint density at radius 2 is 1.81 bits per heavy atom. The van der Waals surface area contributed by atoms with E-state index < -0.39 is 12.0 Å². The van der Waals surface area contributed by atoms with Crippen molar-refractivity contribution in [3.05, 3.63) is 59.7 Å². The van der Waals surface area contributed by atoms with Crippen molar-refractivity contribution >= 4 is 5.97 Å². The molecule has 26 heavy (non-hydrogen) atoms. The van der Waals surface area contributed by atoms with E-state index in [1.54, 1.807) is 0 Å². The number of aliphatic carboxylic acids is 1. The fourth-order valence-electron chi connectivity index (χ4n) is 2.69. The smallest absolute Gasteiger partial charge is 0.320 e. The van der Waals surface area contributed by atoms with E-state index in [4.69, 9.17) is 9.47 Å². The third-order valence-electron chi connectivity index (χ3n) is 4.03. The zero-order valence-electron chi connectivity index (χ0n) is 15.6. The van der Waals surface area contributed by atoms with Gasteiger partial charge in [0.15, 0.2) is 11.5 Å². The number of carboxylic acid groups (broad SMARTS) is 1. The van der Waals surface area contributed by atoms with Crippen molar-refractivity contribution in [3.8, 4) is 11.5 Å². The highest BCUT2D eigenvalue weighted by Gasteiger charge is 2.21. The minimum Gasteiger partial charge on any atom is -0.490 e. The molecule has 0 spiro atoms. The predicted molar refractivity (Wildman–Crippen MR) is 101 cm³/mol. The van der Waals surface area contributed by atoms with E-state index in [0.29, 0.717) is 31.3 Å². The Morgan fingerprint density at radius 1 is 1.08 bits per heavy atom. The molecule has 1 unspecified atom stereocenters. The van der Waals surface area contributed by atoms with Crippen molar-refractivity contribution < 1.29 is 19.4 Å². The number of benzene rings is 2. The zero-order chi connectivity index (χ0) is 18.9. The van der Waals surface area contributed by atoms with Crippen molar-refractivity contribution in [2.45, 2.75) is 40.0 Å². The van der Waals surface area contributed by atoms with Gasteiger partial charge in [0.25, 0.3) is 0 Å². The molecule has 0 aliphatic rings. The molecule has 2 aromatic rings. The molecule has 5 heteroatoms. The van der Waals surface area contributed by atoms with Gasteiger partial charge in [-0.25, -0.2) is 0 Å². The average molecular weight is 357 g/mol. The third kappa shape index (κ3) is 5.49. The van der Waals surface area contributed by atoms with Crippen LogP contribution < -0.4 is 14.8 Å². The minimum atomic E-state index is -0.854. The van der Waals surface area contributed by atoms with Crippen molar-refractivity contribution in [2.24, 2.45) is 5.92 Å². The number of nitrogens with one attached hydrogen (secondary N) is 1. The van der Waals surface area contributed by atoms with Crippen LogP contribution >= 0.6 is 0 Å². The fraction of sp³-hybridized carbons (Fsp3) is 0.381. The maximum Gasteiger partial charge on any atom is 0.320 e. The van der Waals surface area contributed by atoms with Crippen molar-refractivity contribution in [1.82, 2.24) is 5.32 Å². The van der Waals surface area contributed by atoms with Crippen LogP contribution in [-0.2, 0) is 17.9 Å². The molecular weight excluding hydrogens is 330 g/mol. The lowest BCUT2D eigenvalue weighted by atomic mass is 10.0. The quantitative estimate of drug-likeness (QED) is 0.676. The summed E-state index contributed by atoms with van der Waals surface area (Å²) in [6.07, 6.45) is 0. The molecule has 0 saturated heterocycles. The zero-order valence-corrected chi connectivity index (χ0v) is 15.6. The summed E-state index contributed by atoms with van der Waals surface area (Å²) in [4.78, 5) is 11.4. The number of hydrogen-bond acceptors (Lipinski definition) is 4. The topological polar surface area (TPSA) is 67.8 Å². The van der Waals surface area contributed by atoms with Crippen LogP contribution in [0.15, 0.2) is 48.5 Å². The molecular formula is C21H27NO4. The van der Waals surface area contributed by atoms with Crippen molar-refractivity contribution in [2.75, 3.05) is 6.61 Å². The fourth-order valence-corrected chi connectivity index (χ4v) is 2.69. The second kappa shape index (κ2) is 9.82. The Hall–Kier alpha value is -2.53. The summed E-state index contributed by atoms with van der Waals surface area (Å²) in [6, 6.07) is 15.0. The lowest BCUT2D eigenvalue weighted by molar-refractivity contribution is -0.140. The summed E-state index contributed by atoms with van der Waals surface area (Å²) in [5.41, 5.74) is 1.93. The van der Waals surface area contributed by atoms with Gasteiger partial charge >= 0.3 is 5.97 Å². The number of carboxylic acids is 1. The summed E-state index contributed by atoms with van der Waals surface area (Å²) < 4.78 is 11.7. The molecule has 140 valence electrons. The average Bonchev–Trinajstić information content (AvgIpc) is 2.61. The van der Waals surface area contributed by atoms with E-state index in [9.17, 15) is 9.90 Å². The molecule has 0 heterocycles. The van der Waals surface area contributed by atoms with Crippen LogP contribution in [0.4, 0.5) is 0 Å². The first kappa shape index (κ1) is 19.8. The maximum absolute atomic E-state index is 11.4. The monoisotopic (exact) mass is 357 g/mol. The largest absolute Gasteiger partial charge is 0.490 e. The van der Waals surface area contributed by atoms with Gasteiger partial charge in [-0.15, -0.1) is 0 Å². The molecule has 0 aliphatic heterocycles. The molecule has 2 aromatic carbocycles. The molecule has 0 saturated carbocycles. The molecule has 0 aliphatic carbocycles. The van der Waals surface area contributed by atoms with E-state index in [0.717, 1.165) is 11.1 Å². The third-order valence-corrected chi connectivity index (χ3v) is 4.03. The van der Waals surface area contributed by atoms with Crippen LogP contribution in [0.5, 0.6) is 11.5 Å². The summed E-state index contributed by atoms with van der Waals surface area (Å²) in [7, 11) is 0. The van der Waals surface area contributed by atoms with E-state index in [1.165, 1.54) is 0 Å². The molecule has 0 radical (unpaired) electrons. The van der Waals surface area contributed by atoms with E-state index in [1.807, 2.05) is 69.3 Å². The van der Waals surface area contributed by atoms with Gasteiger partial charge in [0.1, 0.15) is 12.6 Å². The van der Waals surface area contributed by atoms with Crippen LogP contribution in [0.2, 0.25) is 0 Å². The Labute approximate surface area is 155 Å². The molecule has 0 bridgehead atoms. The van der Waals surface area contributed by atoms with Crippen LogP contribution in [0.1, 0.15) is 31.9 Å². The van der Waals surface area contributed by atoms with Crippen LogP contribution in [0.3, 0.4) is 0 Å². The van der Waals surface area contributed by atoms with Gasteiger partial charge in [0.2, 0.25) is 0 Å². The van der Waals surface area contributed by atoms with Crippen LogP contribution in [0, 0.1) is 5.92 Å². The van der Waals surface area contributed by atoms with E-state index in [-0.39, 0.29) is 5.92 Å². The molecule has 0 amide bonds. The molecule has 2 N–H and O–H groups in total. The second-order valence-electron chi connectivity index (χ2n) is 6.39. The first-order valence-corrected chi connectivity index (χ1v) is 8.90. The first-order chi connectivity index (χ1) is 12.5. The molecule has 0 aromatic heterocycles. The predicted octanol–water partition coefficient (Wildman–Crippen LogP) is 3.86. The number of ether oxygens (including phenoxy) is 2. The molecule has 1 atom stereocenters. The highest BCUT2D eigenvalue weighted by molar-refractivity contribution is 5.73. The Balaban J connectivity index is 2.18. The number of para-hydroxylation sites is 1. The summed E-state index contributed by atoms with van der Waals surface area (Å²) in [6.45, 7) is 7.03. The van der Waals surface area contributed by atoms with Gasteiger partial charge < -0.3 is 14.6 Å². The van der Waals surface area contributed by atoms with Gasteiger partial charge in [-0.05, 0) is 24.5 Å².